The van der Waals surface area contributed by atoms with Gasteiger partial charge in [-0.25, -0.2) is 0 Å². The standard InChI is InChI=1S/C8H14ClN3/c1-2-12-8(9)7(6-11-12)4-3-5-10/h6H,2-5,10H2,1H3. The Morgan fingerprint density at radius 2 is 2.42 bits per heavy atom. The molecule has 12 heavy (non-hydrogen) atoms. The van der Waals surface area contributed by atoms with E-state index in [4.69, 9.17) is 17.3 Å². The number of rotatable bonds is 4. The molecule has 2 N–H and O–H groups in total. The first-order valence-corrected chi connectivity index (χ1v) is 4.57. The molecule has 68 valence electrons. The Bertz CT molecular complexity index is 244. The number of aromatic nitrogens is 2. The fourth-order valence-electron chi connectivity index (χ4n) is 1.09. The lowest BCUT2D eigenvalue weighted by atomic mass is 10.2. The third kappa shape index (κ3) is 1.99. The first kappa shape index (κ1) is 9.55. The van der Waals surface area contributed by atoms with E-state index in [0.29, 0.717) is 6.54 Å². The van der Waals surface area contributed by atoms with Gasteiger partial charge in [-0.15, -0.1) is 0 Å². The number of hydrogen-bond acceptors (Lipinski definition) is 2. The Morgan fingerprint density at radius 1 is 1.67 bits per heavy atom. The zero-order valence-corrected chi connectivity index (χ0v) is 8.01. The van der Waals surface area contributed by atoms with Crippen LogP contribution in [0.5, 0.6) is 0 Å². The molecule has 0 aliphatic heterocycles. The molecular formula is C8H14ClN3. The number of halogens is 1. The summed E-state index contributed by atoms with van der Waals surface area (Å²) in [6.45, 7) is 3.54. The van der Waals surface area contributed by atoms with Crippen LogP contribution in [0, 0.1) is 0 Å². The van der Waals surface area contributed by atoms with Crippen molar-refractivity contribution in [2.24, 2.45) is 5.73 Å². The molecule has 1 rings (SSSR count). The van der Waals surface area contributed by atoms with Crippen molar-refractivity contribution in [3.05, 3.63) is 16.9 Å². The molecule has 0 aliphatic rings. The molecule has 0 spiro atoms. The van der Waals surface area contributed by atoms with Crippen LogP contribution in [-0.4, -0.2) is 16.3 Å². The Hall–Kier alpha value is -0.540. The third-order valence-corrected chi connectivity index (χ3v) is 2.23. The molecule has 1 heterocycles. The highest BCUT2D eigenvalue weighted by Crippen LogP contribution is 2.16. The topological polar surface area (TPSA) is 43.8 Å². The van der Waals surface area contributed by atoms with E-state index in [0.717, 1.165) is 30.1 Å². The zero-order chi connectivity index (χ0) is 8.97. The summed E-state index contributed by atoms with van der Waals surface area (Å²) in [5.41, 5.74) is 6.50. The fourth-order valence-corrected chi connectivity index (χ4v) is 1.40. The average Bonchev–Trinajstić information content (AvgIpc) is 2.43. The van der Waals surface area contributed by atoms with Crippen LogP contribution < -0.4 is 5.73 Å². The molecule has 0 saturated heterocycles. The number of hydrogen-bond donors (Lipinski definition) is 1. The molecule has 0 saturated carbocycles. The van der Waals surface area contributed by atoms with Crippen molar-refractivity contribution in [3.8, 4) is 0 Å². The van der Waals surface area contributed by atoms with Gasteiger partial charge in [-0.1, -0.05) is 11.6 Å². The van der Waals surface area contributed by atoms with Crippen LogP contribution in [0.2, 0.25) is 5.15 Å². The van der Waals surface area contributed by atoms with E-state index in [1.54, 1.807) is 4.68 Å². The van der Waals surface area contributed by atoms with Crippen molar-refractivity contribution in [1.82, 2.24) is 9.78 Å². The maximum absolute atomic E-state index is 6.02. The van der Waals surface area contributed by atoms with Gasteiger partial charge in [0.15, 0.2) is 0 Å². The Kier molecular flexibility index (Phi) is 3.56. The summed E-state index contributed by atoms with van der Waals surface area (Å²) in [5.74, 6) is 0. The van der Waals surface area contributed by atoms with E-state index < -0.39 is 0 Å². The van der Waals surface area contributed by atoms with E-state index in [2.05, 4.69) is 5.10 Å². The van der Waals surface area contributed by atoms with Crippen molar-refractivity contribution >= 4 is 11.6 Å². The molecule has 1 aromatic heterocycles. The summed E-state index contributed by atoms with van der Waals surface area (Å²) < 4.78 is 1.79. The molecular weight excluding hydrogens is 174 g/mol. The molecule has 0 aliphatic carbocycles. The lowest BCUT2D eigenvalue weighted by Crippen LogP contribution is -2.00. The van der Waals surface area contributed by atoms with E-state index in [-0.39, 0.29) is 0 Å². The zero-order valence-electron chi connectivity index (χ0n) is 7.26. The second-order valence-corrected chi connectivity index (χ2v) is 3.03. The van der Waals surface area contributed by atoms with Crippen LogP contribution in [-0.2, 0) is 13.0 Å². The third-order valence-electron chi connectivity index (χ3n) is 1.79. The van der Waals surface area contributed by atoms with Crippen LogP contribution in [0.4, 0.5) is 0 Å². The second kappa shape index (κ2) is 4.48. The van der Waals surface area contributed by atoms with Crippen LogP contribution in [0.25, 0.3) is 0 Å². The van der Waals surface area contributed by atoms with Crippen molar-refractivity contribution in [2.45, 2.75) is 26.3 Å². The van der Waals surface area contributed by atoms with E-state index >= 15 is 0 Å². The fraction of sp³-hybridized carbons (Fsp3) is 0.625. The molecule has 0 unspecified atom stereocenters. The van der Waals surface area contributed by atoms with Crippen LogP contribution in [0.15, 0.2) is 6.20 Å². The minimum absolute atomic E-state index is 0.702. The SMILES string of the molecule is CCn1ncc(CCCN)c1Cl. The van der Waals surface area contributed by atoms with Crippen molar-refractivity contribution in [2.75, 3.05) is 6.54 Å². The minimum Gasteiger partial charge on any atom is -0.330 e. The van der Waals surface area contributed by atoms with Gasteiger partial charge in [0.1, 0.15) is 5.15 Å². The molecule has 0 bridgehead atoms. The summed E-state index contributed by atoms with van der Waals surface area (Å²) in [6.07, 6.45) is 3.71. The Labute approximate surface area is 77.5 Å². The predicted molar refractivity (Wildman–Crippen MR) is 50.3 cm³/mol. The van der Waals surface area contributed by atoms with E-state index in [9.17, 15) is 0 Å². The van der Waals surface area contributed by atoms with Crippen LogP contribution >= 0.6 is 11.6 Å². The van der Waals surface area contributed by atoms with Gasteiger partial charge in [-0.3, -0.25) is 4.68 Å². The number of nitrogens with two attached hydrogens (primary N) is 1. The smallest absolute Gasteiger partial charge is 0.130 e. The summed E-state index contributed by atoms with van der Waals surface area (Å²) in [6, 6.07) is 0. The van der Waals surface area contributed by atoms with Crippen molar-refractivity contribution in [3.63, 3.8) is 0 Å². The van der Waals surface area contributed by atoms with Gasteiger partial charge in [0, 0.05) is 12.1 Å². The highest BCUT2D eigenvalue weighted by atomic mass is 35.5. The van der Waals surface area contributed by atoms with Gasteiger partial charge >= 0.3 is 0 Å². The summed E-state index contributed by atoms with van der Waals surface area (Å²) >= 11 is 6.02. The number of nitrogens with zero attached hydrogens (tertiary/aromatic N) is 2. The predicted octanol–water partition coefficient (Wildman–Crippen LogP) is 1.45. The average molecular weight is 188 g/mol. The minimum atomic E-state index is 0.702. The van der Waals surface area contributed by atoms with Crippen LogP contribution in [0.1, 0.15) is 18.9 Å². The van der Waals surface area contributed by atoms with Gasteiger partial charge in [0.2, 0.25) is 0 Å². The van der Waals surface area contributed by atoms with Gasteiger partial charge in [-0.2, -0.15) is 5.10 Å². The number of aryl methyl sites for hydroxylation is 2. The van der Waals surface area contributed by atoms with Gasteiger partial charge in [0.05, 0.1) is 6.20 Å². The monoisotopic (exact) mass is 187 g/mol. The first-order valence-electron chi connectivity index (χ1n) is 4.19. The molecule has 0 aromatic carbocycles. The second-order valence-electron chi connectivity index (χ2n) is 2.67. The van der Waals surface area contributed by atoms with Gasteiger partial charge in [0.25, 0.3) is 0 Å². The molecule has 0 radical (unpaired) electrons. The summed E-state index contributed by atoms with van der Waals surface area (Å²) in [7, 11) is 0. The summed E-state index contributed by atoms with van der Waals surface area (Å²) in [5, 5.41) is 4.89. The Balaban J connectivity index is 2.66. The maximum Gasteiger partial charge on any atom is 0.130 e. The largest absolute Gasteiger partial charge is 0.330 e. The highest BCUT2D eigenvalue weighted by molar-refractivity contribution is 6.30. The lowest BCUT2D eigenvalue weighted by Gasteiger charge is -1.98. The first-order chi connectivity index (χ1) is 5.79. The van der Waals surface area contributed by atoms with E-state index in [1.807, 2.05) is 13.1 Å². The molecule has 3 nitrogen and oxygen atoms in total. The van der Waals surface area contributed by atoms with Crippen molar-refractivity contribution < 1.29 is 0 Å². The summed E-state index contributed by atoms with van der Waals surface area (Å²) in [4.78, 5) is 0. The molecule has 0 fully saturated rings. The van der Waals surface area contributed by atoms with Crippen LogP contribution in [0.3, 0.4) is 0 Å². The van der Waals surface area contributed by atoms with Crippen molar-refractivity contribution in [1.29, 1.82) is 0 Å². The molecule has 1 aromatic rings. The molecule has 0 amide bonds. The highest BCUT2D eigenvalue weighted by Gasteiger charge is 2.05. The normalized spacial score (nSPS) is 10.6. The van der Waals surface area contributed by atoms with Gasteiger partial charge in [-0.05, 0) is 26.3 Å². The van der Waals surface area contributed by atoms with E-state index in [1.165, 1.54) is 0 Å². The quantitative estimate of drug-likeness (QED) is 0.776. The molecule has 4 heteroatoms. The maximum atomic E-state index is 6.02. The lowest BCUT2D eigenvalue weighted by molar-refractivity contribution is 0.659. The molecule has 0 atom stereocenters. The Morgan fingerprint density at radius 3 is 2.92 bits per heavy atom. The van der Waals surface area contributed by atoms with Gasteiger partial charge < -0.3 is 5.73 Å².